The normalized spacial score (nSPS) is 17.2. The van der Waals surface area contributed by atoms with Crippen LogP contribution in [-0.2, 0) is 10.3 Å². The smallest absolute Gasteiger partial charge is 0.340 e. The first-order chi connectivity index (χ1) is 17.0. The van der Waals surface area contributed by atoms with E-state index in [1.807, 2.05) is 62.4 Å². The maximum Gasteiger partial charge on any atom is 0.340 e. The summed E-state index contributed by atoms with van der Waals surface area (Å²) < 4.78 is 27.1. The minimum Gasteiger partial charge on any atom is -0.456 e. The highest BCUT2D eigenvalue weighted by molar-refractivity contribution is 5.97. The van der Waals surface area contributed by atoms with Crippen molar-refractivity contribution in [2.24, 2.45) is 0 Å². The number of fused-ring (bicyclic) bond motifs is 6. The van der Waals surface area contributed by atoms with Gasteiger partial charge in [0.2, 0.25) is 0 Å². The number of benzene rings is 4. The molecule has 4 aromatic carbocycles. The van der Waals surface area contributed by atoms with Crippen LogP contribution in [0.4, 0.5) is 21.5 Å². The van der Waals surface area contributed by atoms with Crippen LogP contribution in [-0.4, -0.2) is 12.5 Å². The number of halogens is 1. The maximum absolute atomic E-state index is 14.5. The zero-order valence-corrected chi connectivity index (χ0v) is 19.3. The van der Waals surface area contributed by atoms with E-state index in [4.69, 9.17) is 9.47 Å². The molecular formula is C29H23FN2O3. The van der Waals surface area contributed by atoms with Crippen LogP contribution >= 0.6 is 0 Å². The van der Waals surface area contributed by atoms with Gasteiger partial charge in [-0.2, -0.15) is 0 Å². The number of hydrogen-bond acceptors (Lipinski definition) is 5. The molecular weight excluding hydrogens is 443 g/mol. The molecule has 0 aromatic heterocycles. The average Bonchev–Trinajstić information content (AvgIpc) is 3.14. The molecule has 35 heavy (non-hydrogen) atoms. The molecule has 0 radical (unpaired) electrons. The molecule has 0 aliphatic carbocycles. The molecule has 2 heterocycles. The molecule has 2 aliphatic rings. The number of nitrogens with one attached hydrogen (secondary N) is 2. The van der Waals surface area contributed by atoms with E-state index in [2.05, 4.69) is 10.6 Å². The van der Waals surface area contributed by atoms with Gasteiger partial charge in [0.25, 0.3) is 0 Å². The Labute approximate surface area is 202 Å². The maximum atomic E-state index is 14.5. The Morgan fingerprint density at radius 3 is 2.46 bits per heavy atom. The molecule has 0 bridgehead atoms. The van der Waals surface area contributed by atoms with E-state index in [1.165, 1.54) is 6.07 Å². The molecule has 6 heteroatoms. The van der Waals surface area contributed by atoms with Gasteiger partial charge in [-0.15, -0.1) is 0 Å². The zero-order chi connectivity index (χ0) is 24.2. The summed E-state index contributed by atoms with van der Waals surface area (Å²) in [5.41, 5.74) is 4.22. The van der Waals surface area contributed by atoms with Gasteiger partial charge in [0.1, 0.15) is 17.3 Å². The van der Waals surface area contributed by atoms with Crippen molar-refractivity contribution in [3.63, 3.8) is 0 Å². The Morgan fingerprint density at radius 2 is 1.63 bits per heavy atom. The molecule has 1 spiro atoms. The number of para-hydroxylation sites is 1. The fraction of sp³-hybridized carbons (Fsp3) is 0.138. The lowest BCUT2D eigenvalue weighted by atomic mass is 9.76. The van der Waals surface area contributed by atoms with Crippen LogP contribution in [0.15, 0.2) is 78.9 Å². The molecule has 174 valence electrons. The van der Waals surface area contributed by atoms with E-state index in [-0.39, 0.29) is 5.82 Å². The second-order valence-electron chi connectivity index (χ2n) is 8.70. The molecule has 0 saturated carbocycles. The molecule has 0 amide bonds. The van der Waals surface area contributed by atoms with Crippen LogP contribution in [0.1, 0.15) is 39.5 Å². The Hall–Kier alpha value is -4.32. The van der Waals surface area contributed by atoms with Crippen molar-refractivity contribution in [2.45, 2.75) is 19.4 Å². The van der Waals surface area contributed by atoms with Crippen molar-refractivity contribution in [1.29, 1.82) is 0 Å². The predicted molar refractivity (Wildman–Crippen MR) is 133 cm³/mol. The third-order valence-electron chi connectivity index (χ3n) is 6.59. The summed E-state index contributed by atoms with van der Waals surface area (Å²) in [6.45, 7) is 4.62. The minimum atomic E-state index is -1.21. The molecule has 5 nitrogen and oxygen atoms in total. The highest BCUT2D eigenvalue weighted by Gasteiger charge is 2.54. The highest BCUT2D eigenvalue weighted by Crippen LogP contribution is 2.58. The summed E-state index contributed by atoms with van der Waals surface area (Å²) >= 11 is 0. The van der Waals surface area contributed by atoms with Crippen LogP contribution in [0, 0.1) is 12.7 Å². The third-order valence-corrected chi connectivity index (χ3v) is 6.59. The fourth-order valence-electron chi connectivity index (χ4n) is 5.06. The van der Waals surface area contributed by atoms with Gasteiger partial charge in [0.15, 0.2) is 5.60 Å². The molecule has 0 fully saturated rings. The second-order valence-corrected chi connectivity index (χ2v) is 8.70. The number of carbonyl (C=O) groups is 1. The summed E-state index contributed by atoms with van der Waals surface area (Å²) in [5, 5.41) is 6.61. The molecule has 1 unspecified atom stereocenters. The van der Waals surface area contributed by atoms with Gasteiger partial charge in [0.05, 0.1) is 16.8 Å². The molecule has 2 N–H and O–H groups in total. The number of aryl methyl sites for hydroxylation is 1. The van der Waals surface area contributed by atoms with Crippen LogP contribution in [0.25, 0.3) is 0 Å². The Bertz CT molecular complexity index is 1500. The number of carbonyl (C=O) groups excluding carboxylic acids is 1. The predicted octanol–water partition coefficient (Wildman–Crippen LogP) is 6.88. The van der Waals surface area contributed by atoms with Crippen molar-refractivity contribution >= 4 is 23.0 Å². The Morgan fingerprint density at radius 1 is 0.857 bits per heavy atom. The van der Waals surface area contributed by atoms with Crippen LogP contribution in [0.3, 0.4) is 0 Å². The van der Waals surface area contributed by atoms with Crippen molar-refractivity contribution < 1.29 is 18.7 Å². The molecule has 2 aliphatic heterocycles. The lowest BCUT2D eigenvalue weighted by molar-refractivity contribution is 0.0227. The first kappa shape index (κ1) is 21.2. The zero-order valence-electron chi connectivity index (χ0n) is 19.3. The Balaban J connectivity index is 1.64. The second kappa shape index (κ2) is 7.87. The SMILES string of the molecule is CCNc1cccc2c1C1(OC(=O)c3ccccc31)c1cc(Nc3ccccc3F)c(C)cc1O2. The van der Waals surface area contributed by atoms with E-state index >= 15 is 0 Å². The molecule has 6 rings (SSSR count). The van der Waals surface area contributed by atoms with Crippen LogP contribution in [0.2, 0.25) is 0 Å². The highest BCUT2D eigenvalue weighted by atomic mass is 19.1. The fourth-order valence-corrected chi connectivity index (χ4v) is 5.06. The topological polar surface area (TPSA) is 59.6 Å². The monoisotopic (exact) mass is 466 g/mol. The standard InChI is InChI=1S/C29H23FN2O3/c1-3-31-23-13-8-14-25-27(23)29(19-10-5-4-9-18(19)28(33)35-29)20-16-24(17(2)15-26(20)34-25)32-22-12-7-6-11-21(22)30/h4-16,31-32H,3H2,1-2H3. The van der Waals surface area contributed by atoms with Gasteiger partial charge in [-0.1, -0.05) is 36.4 Å². The van der Waals surface area contributed by atoms with Gasteiger partial charge in [-0.05, 0) is 61.9 Å². The third kappa shape index (κ3) is 3.10. The van der Waals surface area contributed by atoms with Crippen molar-refractivity contribution in [1.82, 2.24) is 0 Å². The number of ether oxygens (including phenoxy) is 2. The Kier molecular flexibility index (Phi) is 4.78. The summed E-state index contributed by atoms with van der Waals surface area (Å²) in [6.07, 6.45) is 0. The van der Waals surface area contributed by atoms with Gasteiger partial charge in [-0.3, -0.25) is 0 Å². The molecule has 1 atom stereocenters. The van der Waals surface area contributed by atoms with Crippen molar-refractivity contribution in [3.05, 3.63) is 112 Å². The van der Waals surface area contributed by atoms with Gasteiger partial charge >= 0.3 is 5.97 Å². The van der Waals surface area contributed by atoms with E-state index in [9.17, 15) is 9.18 Å². The van der Waals surface area contributed by atoms with Crippen LogP contribution in [0.5, 0.6) is 11.5 Å². The largest absolute Gasteiger partial charge is 0.456 e. The van der Waals surface area contributed by atoms with E-state index in [0.717, 1.165) is 22.4 Å². The van der Waals surface area contributed by atoms with Crippen molar-refractivity contribution in [3.8, 4) is 11.5 Å². The first-order valence-electron chi connectivity index (χ1n) is 11.6. The number of rotatable bonds is 4. The van der Waals surface area contributed by atoms with E-state index in [0.29, 0.717) is 40.5 Å². The average molecular weight is 467 g/mol. The summed E-state index contributed by atoms with van der Waals surface area (Å²) in [5.74, 6) is 0.463. The molecule has 0 saturated heterocycles. The van der Waals surface area contributed by atoms with Gasteiger partial charge < -0.3 is 20.1 Å². The van der Waals surface area contributed by atoms with E-state index in [1.54, 1.807) is 24.3 Å². The summed E-state index contributed by atoms with van der Waals surface area (Å²) in [6, 6.07) is 23.5. The van der Waals surface area contributed by atoms with Gasteiger partial charge in [0, 0.05) is 29.0 Å². The van der Waals surface area contributed by atoms with E-state index < -0.39 is 11.6 Å². The minimum absolute atomic E-state index is 0.354. The van der Waals surface area contributed by atoms with Crippen molar-refractivity contribution in [2.75, 3.05) is 17.2 Å². The summed E-state index contributed by atoms with van der Waals surface area (Å²) in [4.78, 5) is 13.2. The number of hydrogen-bond donors (Lipinski definition) is 2. The lowest BCUT2D eigenvalue weighted by Gasteiger charge is -2.38. The summed E-state index contributed by atoms with van der Waals surface area (Å²) in [7, 11) is 0. The first-order valence-corrected chi connectivity index (χ1v) is 11.6. The van der Waals surface area contributed by atoms with Crippen LogP contribution < -0.4 is 15.4 Å². The quantitative estimate of drug-likeness (QED) is 0.321. The molecule has 4 aromatic rings. The number of esters is 1. The number of anilines is 3. The lowest BCUT2D eigenvalue weighted by Crippen LogP contribution is -2.34. The van der Waals surface area contributed by atoms with Gasteiger partial charge in [-0.25, -0.2) is 9.18 Å².